The average Bonchev–Trinajstić information content (AvgIpc) is 3.36. The van der Waals surface area contributed by atoms with Gasteiger partial charge in [0, 0.05) is 5.69 Å². The van der Waals surface area contributed by atoms with Crippen molar-refractivity contribution in [2.75, 3.05) is 32.2 Å². The normalized spacial score (nSPS) is 19.5. The van der Waals surface area contributed by atoms with Crippen LogP contribution in [-0.4, -0.2) is 107 Å². The topological polar surface area (TPSA) is 179 Å². The smallest absolute Gasteiger partial charge is 0.411 e. The number of aliphatic hydroxyl groups is 5. The third-order valence-electron chi connectivity index (χ3n) is 14.4. The quantitative estimate of drug-likeness (QED) is 0.0309. The highest BCUT2D eigenvalue weighted by Gasteiger charge is 2.45. The monoisotopic (exact) mass is 993 g/mol. The third kappa shape index (κ3) is 32.2. The van der Waals surface area contributed by atoms with E-state index in [1.807, 2.05) is 0 Å². The van der Waals surface area contributed by atoms with Crippen LogP contribution in [0.2, 0.25) is 0 Å². The van der Waals surface area contributed by atoms with E-state index in [-0.39, 0.29) is 6.61 Å². The summed E-state index contributed by atoms with van der Waals surface area (Å²) in [7, 11) is 1.54. The molecule has 0 aliphatic carbocycles. The maximum absolute atomic E-state index is 12.5. The number of nitrogens with one attached hydrogen (secondary N) is 2. The molecule has 0 unspecified atom stereocenters. The molecule has 1 amide bonds. The van der Waals surface area contributed by atoms with Gasteiger partial charge in [-0.05, 0) is 43.7 Å². The van der Waals surface area contributed by atoms with Crippen LogP contribution < -0.4 is 15.4 Å². The van der Waals surface area contributed by atoms with E-state index in [9.17, 15) is 30.3 Å². The standard InChI is InChI=1S/C58H108N2O10/c1-4-6-8-10-12-14-16-18-19-20-21-22-23-24-25-26-27-28-29-31-33-35-37-39-45-59-50(53(62)51(61)40-38-36-34-32-30-17-15-13-11-9-7-5-2)46-68-57-56(65)55(64)54(63)52(70-57)47-69-58(66)60-48-41-43-49(67-3)44-42-48/h41-44,50-57,59,61-65H,4-40,45-47H2,1-3H3,(H,60,66)/t50-,51+,52+,53-,54-,55-,56+,57+/m0/s1. The highest BCUT2D eigenvalue weighted by Crippen LogP contribution is 2.25. The first-order chi connectivity index (χ1) is 34.2. The minimum atomic E-state index is -1.64. The second-order valence-electron chi connectivity index (χ2n) is 20.7. The summed E-state index contributed by atoms with van der Waals surface area (Å²) in [6, 6.07) is 5.99. The molecule has 12 nitrogen and oxygen atoms in total. The first-order valence-electron chi connectivity index (χ1n) is 29.2. The Balaban J connectivity index is 1.69. The van der Waals surface area contributed by atoms with E-state index in [0.29, 0.717) is 24.4 Å². The van der Waals surface area contributed by atoms with Gasteiger partial charge in [0.1, 0.15) is 36.8 Å². The van der Waals surface area contributed by atoms with Crippen LogP contribution in [0.1, 0.15) is 251 Å². The lowest BCUT2D eigenvalue weighted by Gasteiger charge is -2.40. The molecule has 0 bridgehead atoms. The van der Waals surface area contributed by atoms with Crippen LogP contribution in [0.25, 0.3) is 0 Å². The molecule has 7 N–H and O–H groups in total. The zero-order valence-corrected chi connectivity index (χ0v) is 45.0. The summed E-state index contributed by atoms with van der Waals surface area (Å²) >= 11 is 0. The molecule has 0 aromatic heterocycles. The largest absolute Gasteiger partial charge is 0.497 e. The van der Waals surface area contributed by atoms with Crippen molar-refractivity contribution in [2.45, 2.75) is 300 Å². The molecule has 0 spiro atoms. The second-order valence-corrected chi connectivity index (χ2v) is 20.7. The molecule has 410 valence electrons. The number of ether oxygens (including phenoxy) is 4. The number of methoxy groups -OCH3 is 1. The number of carbonyl (C=O) groups excluding carboxylic acids is 1. The Labute approximate surface area is 427 Å². The van der Waals surface area contributed by atoms with E-state index in [0.717, 1.165) is 38.5 Å². The number of anilines is 1. The molecule has 0 saturated carbocycles. The van der Waals surface area contributed by atoms with Crippen LogP contribution in [0.15, 0.2) is 24.3 Å². The summed E-state index contributed by atoms with van der Waals surface area (Å²) in [5.41, 5.74) is 0.469. The van der Waals surface area contributed by atoms with Gasteiger partial charge in [-0.3, -0.25) is 5.32 Å². The van der Waals surface area contributed by atoms with Crippen LogP contribution in [0.3, 0.4) is 0 Å². The van der Waals surface area contributed by atoms with E-state index in [2.05, 4.69) is 24.5 Å². The Bertz CT molecular complexity index is 1310. The van der Waals surface area contributed by atoms with Crippen molar-refractivity contribution in [1.29, 1.82) is 0 Å². The summed E-state index contributed by atoms with van der Waals surface area (Å²) in [6.07, 6.45) is 36.9. The number of amides is 1. The average molecular weight is 994 g/mol. The highest BCUT2D eigenvalue weighted by atomic mass is 16.7. The Morgan fingerprint density at radius 3 is 1.37 bits per heavy atom. The van der Waals surface area contributed by atoms with Gasteiger partial charge in [0.05, 0.1) is 32.0 Å². The number of aliphatic hydroxyl groups excluding tert-OH is 5. The predicted molar refractivity (Wildman–Crippen MR) is 287 cm³/mol. The van der Waals surface area contributed by atoms with Gasteiger partial charge in [-0.1, -0.05) is 239 Å². The van der Waals surface area contributed by atoms with Crippen molar-refractivity contribution in [3.05, 3.63) is 24.3 Å². The van der Waals surface area contributed by atoms with Crippen LogP contribution in [0.5, 0.6) is 5.75 Å². The lowest BCUT2D eigenvalue weighted by molar-refractivity contribution is -0.302. The van der Waals surface area contributed by atoms with Gasteiger partial charge < -0.3 is 49.8 Å². The van der Waals surface area contributed by atoms with Gasteiger partial charge in [-0.2, -0.15) is 0 Å². The maximum Gasteiger partial charge on any atom is 0.411 e. The number of rotatable bonds is 48. The molecular weight excluding hydrogens is 885 g/mol. The Morgan fingerprint density at radius 1 is 0.557 bits per heavy atom. The zero-order valence-electron chi connectivity index (χ0n) is 45.0. The third-order valence-corrected chi connectivity index (χ3v) is 14.4. The van der Waals surface area contributed by atoms with Crippen LogP contribution in [-0.2, 0) is 14.2 Å². The molecule has 0 radical (unpaired) electrons. The molecule has 2 rings (SSSR count). The molecule has 1 fully saturated rings. The molecule has 8 atom stereocenters. The number of benzene rings is 1. The summed E-state index contributed by atoms with van der Waals surface area (Å²) in [6.45, 7) is 4.60. The molecular formula is C58H108N2O10. The molecule has 1 saturated heterocycles. The fourth-order valence-corrected chi connectivity index (χ4v) is 9.66. The molecule has 1 heterocycles. The van der Waals surface area contributed by atoms with Crippen molar-refractivity contribution in [1.82, 2.24) is 5.32 Å². The molecule has 1 aromatic rings. The molecule has 70 heavy (non-hydrogen) atoms. The molecule has 12 heteroatoms. The van der Waals surface area contributed by atoms with Crippen molar-refractivity contribution >= 4 is 11.8 Å². The predicted octanol–water partition coefficient (Wildman–Crippen LogP) is 13.2. The first kappa shape index (κ1) is 64.1. The van der Waals surface area contributed by atoms with Gasteiger partial charge in [0.15, 0.2) is 6.29 Å². The lowest BCUT2D eigenvalue weighted by Crippen LogP contribution is -2.60. The number of carbonyl (C=O) groups is 1. The highest BCUT2D eigenvalue weighted by molar-refractivity contribution is 5.84. The Morgan fingerprint density at radius 2 is 0.957 bits per heavy atom. The van der Waals surface area contributed by atoms with Gasteiger partial charge in [0.25, 0.3) is 0 Å². The molecule has 1 aromatic carbocycles. The van der Waals surface area contributed by atoms with E-state index in [4.69, 9.17) is 18.9 Å². The minimum Gasteiger partial charge on any atom is -0.497 e. The second kappa shape index (κ2) is 44.5. The van der Waals surface area contributed by atoms with Crippen LogP contribution in [0.4, 0.5) is 10.5 Å². The van der Waals surface area contributed by atoms with Crippen LogP contribution in [0, 0.1) is 0 Å². The minimum absolute atomic E-state index is 0.133. The fraction of sp³-hybridized carbons (Fsp3) is 0.879. The maximum atomic E-state index is 12.5. The number of unbranched alkanes of at least 4 members (excludes halogenated alkanes) is 34. The zero-order chi connectivity index (χ0) is 50.7. The summed E-state index contributed by atoms with van der Waals surface area (Å²) in [5, 5.41) is 60.8. The molecule has 1 aliphatic heterocycles. The summed E-state index contributed by atoms with van der Waals surface area (Å²) < 4.78 is 22.3. The molecule has 1 aliphatic rings. The lowest BCUT2D eigenvalue weighted by atomic mass is 9.98. The van der Waals surface area contributed by atoms with Crippen LogP contribution >= 0.6 is 0 Å². The number of hydrogen-bond donors (Lipinski definition) is 7. The Hall–Kier alpha value is -2.03. The first-order valence-corrected chi connectivity index (χ1v) is 29.2. The van der Waals surface area contributed by atoms with Gasteiger partial charge in [0.2, 0.25) is 0 Å². The fourth-order valence-electron chi connectivity index (χ4n) is 9.66. The van der Waals surface area contributed by atoms with Crippen molar-refractivity contribution in [3.63, 3.8) is 0 Å². The Kier molecular flexibility index (Phi) is 40.7. The van der Waals surface area contributed by atoms with E-state index in [1.165, 1.54) is 193 Å². The SMILES string of the molecule is CCCCCCCCCCCCCCCCCCCCCCCCCCN[C@@H](CO[C@@H]1O[C@H](COC(=O)Nc2ccc(OC)cc2)[C@H](O)[C@H](O)[C@H]1O)[C@H](O)[C@H](O)CCCCCCCCCCCCCC. The summed E-state index contributed by atoms with van der Waals surface area (Å²) in [5.74, 6) is 0.627. The van der Waals surface area contributed by atoms with E-state index >= 15 is 0 Å². The van der Waals surface area contributed by atoms with Crippen molar-refractivity contribution < 1.29 is 49.3 Å². The summed E-state index contributed by atoms with van der Waals surface area (Å²) in [4.78, 5) is 12.5. The van der Waals surface area contributed by atoms with E-state index < -0.39 is 61.7 Å². The van der Waals surface area contributed by atoms with Gasteiger partial charge >= 0.3 is 6.09 Å². The van der Waals surface area contributed by atoms with Crippen molar-refractivity contribution in [3.8, 4) is 5.75 Å². The van der Waals surface area contributed by atoms with Gasteiger partial charge in [-0.15, -0.1) is 0 Å². The van der Waals surface area contributed by atoms with E-state index in [1.54, 1.807) is 31.4 Å². The number of hydrogen-bond acceptors (Lipinski definition) is 11. The van der Waals surface area contributed by atoms with Gasteiger partial charge in [-0.25, -0.2) is 4.79 Å². The van der Waals surface area contributed by atoms with Crippen molar-refractivity contribution in [2.24, 2.45) is 0 Å².